The number of anilines is 1. The third-order valence-corrected chi connectivity index (χ3v) is 3.93. The number of nitrogens with one attached hydrogen (secondary N) is 2. The van der Waals surface area contributed by atoms with Crippen molar-refractivity contribution in [2.45, 2.75) is 38.6 Å². The molecule has 0 radical (unpaired) electrons. The summed E-state index contributed by atoms with van der Waals surface area (Å²) >= 11 is 0. The van der Waals surface area contributed by atoms with Crippen molar-refractivity contribution >= 4 is 16.6 Å². The first-order valence-electron chi connectivity index (χ1n) is 6.55. The van der Waals surface area contributed by atoms with Crippen molar-refractivity contribution in [2.75, 3.05) is 5.32 Å². The predicted molar refractivity (Wildman–Crippen MR) is 71.1 cm³/mol. The van der Waals surface area contributed by atoms with Crippen LogP contribution in [0.25, 0.3) is 10.9 Å². The molecule has 3 rings (SSSR count). The van der Waals surface area contributed by atoms with Crippen LogP contribution in [0.3, 0.4) is 0 Å². The van der Waals surface area contributed by atoms with Crippen molar-refractivity contribution in [1.29, 1.82) is 0 Å². The highest BCUT2D eigenvalue weighted by Crippen LogP contribution is 2.30. The lowest BCUT2D eigenvalue weighted by atomic mass is 10.1. The summed E-state index contributed by atoms with van der Waals surface area (Å²) in [7, 11) is 0. The molecule has 1 aromatic carbocycles. The first-order valence-corrected chi connectivity index (χ1v) is 6.55. The molecule has 2 N–H and O–H groups in total. The van der Waals surface area contributed by atoms with Crippen LogP contribution in [0.4, 0.5) is 5.69 Å². The zero-order chi connectivity index (χ0) is 11.7. The van der Waals surface area contributed by atoms with E-state index in [9.17, 15) is 0 Å². The van der Waals surface area contributed by atoms with Gasteiger partial charge in [0.05, 0.1) is 11.7 Å². The van der Waals surface area contributed by atoms with Crippen LogP contribution < -0.4 is 5.32 Å². The van der Waals surface area contributed by atoms with Gasteiger partial charge in [-0.2, -0.15) is 5.10 Å². The highest BCUT2D eigenvalue weighted by atomic mass is 15.1. The summed E-state index contributed by atoms with van der Waals surface area (Å²) in [4.78, 5) is 0. The number of benzene rings is 1. The summed E-state index contributed by atoms with van der Waals surface area (Å²) < 4.78 is 0. The normalized spacial score (nSPS) is 24.3. The molecular weight excluding hydrogens is 210 g/mol. The average Bonchev–Trinajstić information content (AvgIpc) is 2.96. The monoisotopic (exact) mass is 229 g/mol. The molecule has 0 bridgehead atoms. The second kappa shape index (κ2) is 4.40. The summed E-state index contributed by atoms with van der Waals surface area (Å²) in [5.74, 6) is 0.921. The Bertz CT molecular complexity index is 503. The smallest absolute Gasteiger partial charge is 0.0651 e. The molecule has 1 fully saturated rings. The highest BCUT2D eigenvalue weighted by Gasteiger charge is 2.22. The van der Waals surface area contributed by atoms with Gasteiger partial charge in [0.25, 0.3) is 0 Å². The summed E-state index contributed by atoms with van der Waals surface area (Å²) in [6, 6.07) is 7.07. The van der Waals surface area contributed by atoms with Crippen LogP contribution in [0.5, 0.6) is 0 Å². The molecule has 2 aromatic rings. The van der Waals surface area contributed by atoms with Gasteiger partial charge >= 0.3 is 0 Å². The van der Waals surface area contributed by atoms with E-state index in [2.05, 4.69) is 40.6 Å². The van der Waals surface area contributed by atoms with Crippen molar-refractivity contribution < 1.29 is 0 Å². The van der Waals surface area contributed by atoms with Gasteiger partial charge in [-0.1, -0.05) is 13.3 Å². The van der Waals surface area contributed by atoms with Crippen molar-refractivity contribution in [1.82, 2.24) is 10.2 Å². The lowest BCUT2D eigenvalue weighted by Gasteiger charge is -2.14. The average molecular weight is 229 g/mol. The Morgan fingerprint density at radius 1 is 1.41 bits per heavy atom. The minimum atomic E-state index is 0.657. The summed E-state index contributed by atoms with van der Waals surface area (Å²) in [6.07, 6.45) is 7.20. The van der Waals surface area contributed by atoms with Crippen LogP contribution in [0.1, 0.15) is 32.6 Å². The predicted octanol–water partition coefficient (Wildman–Crippen LogP) is 3.55. The summed E-state index contributed by atoms with van der Waals surface area (Å²) in [6.45, 7) is 2.30. The number of aromatic amines is 1. The van der Waals surface area contributed by atoms with E-state index in [1.165, 1.54) is 36.8 Å². The van der Waals surface area contributed by atoms with Gasteiger partial charge in [0.2, 0.25) is 0 Å². The molecular formula is C14H19N3. The van der Waals surface area contributed by atoms with Gasteiger partial charge in [0.15, 0.2) is 0 Å². The SMILES string of the molecule is CCC1CCC(Nc2ccc3[nH]ncc3c2)C1. The molecule has 0 aliphatic heterocycles. The van der Waals surface area contributed by atoms with E-state index >= 15 is 0 Å². The second-order valence-electron chi connectivity index (χ2n) is 5.10. The molecule has 1 heterocycles. The number of aromatic nitrogens is 2. The fraction of sp³-hybridized carbons (Fsp3) is 0.500. The number of hydrogen-bond donors (Lipinski definition) is 2. The number of nitrogens with zero attached hydrogens (tertiary/aromatic N) is 1. The lowest BCUT2D eigenvalue weighted by Crippen LogP contribution is -2.15. The van der Waals surface area contributed by atoms with Crippen LogP contribution in [-0.2, 0) is 0 Å². The van der Waals surface area contributed by atoms with Gasteiger partial charge in [-0.25, -0.2) is 0 Å². The van der Waals surface area contributed by atoms with Crippen LogP contribution in [0, 0.1) is 5.92 Å². The summed E-state index contributed by atoms with van der Waals surface area (Å²) in [5.41, 5.74) is 2.33. The van der Waals surface area contributed by atoms with Gasteiger partial charge in [-0.15, -0.1) is 0 Å². The number of hydrogen-bond acceptors (Lipinski definition) is 2. The Morgan fingerprint density at radius 2 is 2.35 bits per heavy atom. The second-order valence-corrected chi connectivity index (χ2v) is 5.10. The van der Waals surface area contributed by atoms with Gasteiger partial charge in [-0.05, 0) is 43.4 Å². The Morgan fingerprint density at radius 3 is 3.18 bits per heavy atom. The Kier molecular flexibility index (Phi) is 2.75. The van der Waals surface area contributed by atoms with Crippen LogP contribution >= 0.6 is 0 Å². The third-order valence-electron chi connectivity index (χ3n) is 3.93. The zero-order valence-electron chi connectivity index (χ0n) is 10.2. The van der Waals surface area contributed by atoms with Gasteiger partial charge < -0.3 is 5.32 Å². The molecule has 0 saturated heterocycles. The summed E-state index contributed by atoms with van der Waals surface area (Å²) in [5, 5.41) is 11.9. The van der Waals surface area contributed by atoms with E-state index in [0.717, 1.165) is 11.4 Å². The minimum absolute atomic E-state index is 0.657. The fourth-order valence-corrected chi connectivity index (χ4v) is 2.85. The molecule has 1 saturated carbocycles. The lowest BCUT2D eigenvalue weighted by molar-refractivity contribution is 0.525. The van der Waals surface area contributed by atoms with Crippen LogP contribution in [-0.4, -0.2) is 16.2 Å². The Balaban J connectivity index is 1.72. The van der Waals surface area contributed by atoms with Crippen LogP contribution in [0.2, 0.25) is 0 Å². The number of fused-ring (bicyclic) bond motifs is 1. The van der Waals surface area contributed by atoms with Crippen molar-refractivity contribution in [3.05, 3.63) is 24.4 Å². The van der Waals surface area contributed by atoms with Crippen molar-refractivity contribution in [2.24, 2.45) is 5.92 Å². The first kappa shape index (κ1) is 10.6. The molecule has 1 aromatic heterocycles. The maximum Gasteiger partial charge on any atom is 0.0651 e. The van der Waals surface area contributed by atoms with Gasteiger partial charge in [-0.3, -0.25) is 5.10 Å². The molecule has 2 atom stereocenters. The maximum atomic E-state index is 4.05. The highest BCUT2D eigenvalue weighted by molar-refractivity contribution is 5.81. The largest absolute Gasteiger partial charge is 0.382 e. The molecule has 17 heavy (non-hydrogen) atoms. The first-order chi connectivity index (χ1) is 8.35. The van der Waals surface area contributed by atoms with E-state index in [1.807, 2.05) is 6.20 Å². The van der Waals surface area contributed by atoms with Gasteiger partial charge in [0.1, 0.15) is 0 Å². The Hall–Kier alpha value is -1.51. The molecule has 0 amide bonds. The quantitative estimate of drug-likeness (QED) is 0.845. The molecule has 3 heteroatoms. The van der Waals surface area contributed by atoms with Crippen molar-refractivity contribution in [3.63, 3.8) is 0 Å². The maximum absolute atomic E-state index is 4.05. The zero-order valence-corrected chi connectivity index (χ0v) is 10.2. The van der Waals surface area contributed by atoms with Crippen LogP contribution in [0.15, 0.2) is 24.4 Å². The third kappa shape index (κ3) is 2.14. The van der Waals surface area contributed by atoms with E-state index < -0.39 is 0 Å². The molecule has 1 aliphatic rings. The van der Waals surface area contributed by atoms with E-state index in [0.29, 0.717) is 6.04 Å². The Labute approximate surface area is 102 Å². The topological polar surface area (TPSA) is 40.7 Å². The van der Waals surface area contributed by atoms with Crippen molar-refractivity contribution in [3.8, 4) is 0 Å². The molecule has 3 nitrogen and oxygen atoms in total. The van der Waals surface area contributed by atoms with E-state index in [-0.39, 0.29) is 0 Å². The number of H-pyrrole nitrogens is 1. The standard InChI is InChI=1S/C14H19N3/c1-2-10-3-4-12(7-10)16-13-5-6-14-11(8-13)9-15-17-14/h5-6,8-10,12,16H,2-4,7H2,1H3,(H,15,17). The fourth-order valence-electron chi connectivity index (χ4n) is 2.85. The minimum Gasteiger partial charge on any atom is -0.382 e. The molecule has 1 aliphatic carbocycles. The number of rotatable bonds is 3. The molecule has 90 valence electrons. The van der Waals surface area contributed by atoms with E-state index in [4.69, 9.17) is 0 Å². The molecule has 2 unspecified atom stereocenters. The molecule has 0 spiro atoms. The van der Waals surface area contributed by atoms with Gasteiger partial charge in [0, 0.05) is 17.1 Å². The van der Waals surface area contributed by atoms with E-state index in [1.54, 1.807) is 0 Å².